The molecule has 0 heterocycles. The highest BCUT2D eigenvalue weighted by molar-refractivity contribution is 9.10. The Bertz CT molecular complexity index is 287. The minimum Gasteiger partial charge on any atom is -0.309 e. The Kier molecular flexibility index (Phi) is 5.19. The molecule has 0 radical (unpaired) electrons. The summed E-state index contributed by atoms with van der Waals surface area (Å²) in [6.45, 7) is 2.39. The van der Waals surface area contributed by atoms with E-state index in [2.05, 4.69) is 21.2 Å². The minimum atomic E-state index is -2.33. The molecule has 1 aromatic carbocycles. The van der Waals surface area contributed by atoms with Crippen LogP contribution in [-0.2, 0) is 6.42 Å². The highest BCUT2D eigenvalue weighted by Gasteiger charge is 2.18. The summed E-state index contributed by atoms with van der Waals surface area (Å²) in [6, 6.07) is 6.69. The molecule has 1 aromatic rings. The van der Waals surface area contributed by atoms with Crippen LogP contribution in [0.15, 0.2) is 28.7 Å². The Hall–Kier alpha value is -0.480. The van der Waals surface area contributed by atoms with Crippen molar-refractivity contribution in [2.24, 2.45) is 0 Å². The number of nitrogens with one attached hydrogen (secondary N) is 1. The van der Waals surface area contributed by atoms with Crippen LogP contribution in [-0.4, -0.2) is 19.0 Å². The van der Waals surface area contributed by atoms with Crippen molar-refractivity contribution in [3.05, 3.63) is 34.3 Å². The number of likely N-dealkylation sites (N-methyl/N-ethyl adjacent to an activating group) is 1. The van der Waals surface area contributed by atoms with Gasteiger partial charge in [-0.2, -0.15) is 0 Å². The van der Waals surface area contributed by atoms with Crippen LogP contribution in [0.3, 0.4) is 0 Å². The number of hydrogen-bond donors (Lipinski definition) is 1. The van der Waals surface area contributed by atoms with Crippen molar-refractivity contribution < 1.29 is 8.78 Å². The fraction of sp³-hybridized carbons (Fsp3) is 0.455. The molecule has 0 amide bonds. The largest absolute Gasteiger partial charge is 0.309 e. The second-order valence-electron chi connectivity index (χ2n) is 3.33. The maximum Gasteiger partial charge on any atom is 0.254 e. The summed E-state index contributed by atoms with van der Waals surface area (Å²) >= 11 is 3.31. The summed E-state index contributed by atoms with van der Waals surface area (Å²) in [5, 5.41) is 2.78. The van der Waals surface area contributed by atoms with Gasteiger partial charge in [-0.15, -0.1) is 0 Å². The Morgan fingerprint density at radius 2 is 1.87 bits per heavy atom. The maximum atomic E-state index is 12.6. The standard InChI is InChI=1S/C11H14BrF2N/c1-2-15-10(11(13)14)7-8-3-5-9(12)6-4-8/h3-6,10-11,15H,2,7H2,1H3. The molecule has 0 fully saturated rings. The van der Waals surface area contributed by atoms with Gasteiger partial charge in [-0.25, -0.2) is 8.78 Å². The Labute approximate surface area is 97.0 Å². The highest BCUT2D eigenvalue weighted by atomic mass is 79.9. The van der Waals surface area contributed by atoms with E-state index in [1.807, 2.05) is 31.2 Å². The zero-order valence-corrected chi connectivity index (χ0v) is 10.1. The third-order valence-electron chi connectivity index (χ3n) is 2.14. The second kappa shape index (κ2) is 6.18. The summed E-state index contributed by atoms with van der Waals surface area (Å²) in [6.07, 6.45) is -1.97. The molecule has 0 aliphatic carbocycles. The lowest BCUT2D eigenvalue weighted by Gasteiger charge is -2.16. The van der Waals surface area contributed by atoms with Gasteiger partial charge in [-0.05, 0) is 30.7 Å². The molecule has 0 saturated heterocycles. The molecule has 4 heteroatoms. The van der Waals surface area contributed by atoms with Gasteiger partial charge in [0.25, 0.3) is 6.43 Å². The van der Waals surface area contributed by atoms with Gasteiger partial charge in [0.05, 0.1) is 6.04 Å². The van der Waals surface area contributed by atoms with E-state index in [-0.39, 0.29) is 0 Å². The molecule has 0 aliphatic rings. The molecule has 15 heavy (non-hydrogen) atoms. The van der Waals surface area contributed by atoms with Gasteiger partial charge >= 0.3 is 0 Å². The molecule has 1 rings (SSSR count). The zero-order chi connectivity index (χ0) is 11.3. The molecular formula is C11H14BrF2N. The highest BCUT2D eigenvalue weighted by Crippen LogP contribution is 2.14. The van der Waals surface area contributed by atoms with E-state index in [0.717, 1.165) is 10.0 Å². The monoisotopic (exact) mass is 277 g/mol. The van der Waals surface area contributed by atoms with E-state index in [9.17, 15) is 8.78 Å². The normalized spacial score (nSPS) is 13.1. The third-order valence-corrected chi connectivity index (χ3v) is 2.67. The first-order chi connectivity index (χ1) is 7.13. The molecule has 0 aromatic heterocycles. The predicted octanol–water partition coefficient (Wildman–Crippen LogP) is 3.23. The molecule has 1 unspecified atom stereocenters. The fourth-order valence-corrected chi connectivity index (χ4v) is 1.65. The topological polar surface area (TPSA) is 12.0 Å². The summed E-state index contributed by atoms with van der Waals surface area (Å²) in [7, 11) is 0. The van der Waals surface area contributed by atoms with Gasteiger partial charge in [0, 0.05) is 4.47 Å². The van der Waals surface area contributed by atoms with Crippen LogP contribution in [0.25, 0.3) is 0 Å². The van der Waals surface area contributed by atoms with Crippen LogP contribution in [0, 0.1) is 0 Å². The van der Waals surface area contributed by atoms with Gasteiger partial charge in [-0.3, -0.25) is 0 Å². The average molecular weight is 278 g/mol. The smallest absolute Gasteiger partial charge is 0.254 e. The van der Waals surface area contributed by atoms with Gasteiger partial charge in [0.1, 0.15) is 0 Å². The summed E-state index contributed by atoms with van der Waals surface area (Å²) in [4.78, 5) is 0. The predicted molar refractivity (Wildman–Crippen MR) is 61.3 cm³/mol. The lowest BCUT2D eigenvalue weighted by atomic mass is 10.1. The Morgan fingerprint density at radius 3 is 2.33 bits per heavy atom. The molecule has 1 nitrogen and oxygen atoms in total. The van der Waals surface area contributed by atoms with Crippen molar-refractivity contribution in [1.29, 1.82) is 0 Å². The Morgan fingerprint density at radius 1 is 1.27 bits per heavy atom. The molecule has 0 aliphatic heterocycles. The molecule has 1 N–H and O–H groups in total. The second-order valence-corrected chi connectivity index (χ2v) is 4.24. The molecule has 0 spiro atoms. The van der Waals surface area contributed by atoms with E-state index in [1.54, 1.807) is 0 Å². The first-order valence-electron chi connectivity index (χ1n) is 4.89. The maximum absolute atomic E-state index is 12.6. The van der Waals surface area contributed by atoms with E-state index in [1.165, 1.54) is 0 Å². The van der Waals surface area contributed by atoms with Gasteiger partial charge < -0.3 is 5.32 Å². The van der Waals surface area contributed by atoms with Crippen molar-refractivity contribution in [3.8, 4) is 0 Å². The van der Waals surface area contributed by atoms with E-state index < -0.39 is 12.5 Å². The van der Waals surface area contributed by atoms with E-state index in [4.69, 9.17) is 0 Å². The lowest BCUT2D eigenvalue weighted by molar-refractivity contribution is 0.0991. The Balaban J connectivity index is 2.61. The van der Waals surface area contributed by atoms with Crippen LogP contribution in [0.5, 0.6) is 0 Å². The van der Waals surface area contributed by atoms with Crippen LogP contribution in [0.4, 0.5) is 8.78 Å². The quantitative estimate of drug-likeness (QED) is 0.872. The first kappa shape index (κ1) is 12.6. The average Bonchev–Trinajstić information content (AvgIpc) is 2.20. The fourth-order valence-electron chi connectivity index (χ4n) is 1.39. The van der Waals surface area contributed by atoms with Crippen molar-refractivity contribution in [2.75, 3.05) is 6.54 Å². The number of hydrogen-bond acceptors (Lipinski definition) is 1. The van der Waals surface area contributed by atoms with Crippen LogP contribution >= 0.6 is 15.9 Å². The summed E-state index contributed by atoms with van der Waals surface area (Å²) in [5.41, 5.74) is 0.921. The molecule has 84 valence electrons. The number of rotatable bonds is 5. The molecule has 0 saturated carbocycles. The molecule has 0 bridgehead atoms. The number of benzene rings is 1. The first-order valence-corrected chi connectivity index (χ1v) is 5.68. The van der Waals surface area contributed by atoms with E-state index >= 15 is 0 Å². The number of alkyl halides is 2. The SMILES string of the molecule is CCNC(Cc1ccc(Br)cc1)C(F)F. The van der Waals surface area contributed by atoms with Crippen molar-refractivity contribution in [2.45, 2.75) is 25.8 Å². The van der Waals surface area contributed by atoms with Crippen LogP contribution < -0.4 is 5.32 Å². The van der Waals surface area contributed by atoms with Gasteiger partial charge in [-0.1, -0.05) is 35.0 Å². The van der Waals surface area contributed by atoms with Crippen molar-refractivity contribution in [3.63, 3.8) is 0 Å². The zero-order valence-electron chi connectivity index (χ0n) is 8.51. The molecular weight excluding hydrogens is 264 g/mol. The molecule has 1 atom stereocenters. The summed E-state index contributed by atoms with van der Waals surface area (Å²) in [5.74, 6) is 0. The van der Waals surface area contributed by atoms with E-state index in [0.29, 0.717) is 13.0 Å². The van der Waals surface area contributed by atoms with Gasteiger partial charge in [0.15, 0.2) is 0 Å². The third kappa shape index (κ3) is 4.26. The number of halogens is 3. The summed E-state index contributed by atoms with van der Waals surface area (Å²) < 4.78 is 26.1. The van der Waals surface area contributed by atoms with Crippen LogP contribution in [0.2, 0.25) is 0 Å². The van der Waals surface area contributed by atoms with Gasteiger partial charge in [0.2, 0.25) is 0 Å². The lowest BCUT2D eigenvalue weighted by Crippen LogP contribution is -2.37. The minimum absolute atomic E-state index is 0.360. The van der Waals surface area contributed by atoms with Crippen LogP contribution in [0.1, 0.15) is 12.5 Å². The van der Waals surface area contributed by atoms with Crippen molar-refractivity contribution in [1.82, 2.24) is 5.32 Å². The van der Waals surface area contributed by atoms with Crippen molar-refractivity contribution >= 4 is 15.9 Å².